The van der Waals surface area contributed by atoms with Crippen LogP contribution in [-0.2, 0) is 22.6 Å². The zero-order valence-electron chi connectivity index (χ0n) is 21.2. The van der Waals surface area contributed by atoms with Gasteiger partial charge in [0.2, 0.25) is 5.91 Å². The summed E-state index contributed by atoms with van der Waals surface area (Å²) in [5.41, 5.74) is 1.69. The Morgan fingerprint density at radius 3 is 2.22 bits per heavy atom. The molecule has 3 rings (SSSR count). The second-order valence-electron chi connectivity index (χ2n) is 8.76. The van der Waals surface area contributed by atoms with Gasteiger partial charge in [0.15, 0.2) is 6.61 Å². The number of methoxy groups -OCH3 is 1. The van der Waals surface area contributed by atoms with Gasteiger partial charge in [0.25, 0.3) is 5.91 Å². The first-order chi connectivity index (χ1) is 17.8. The molecule has 0 bridgehead atoms. The van der Waals surface area contributed by atoms with E-state index in [0.29, 0.717) is 28.0 Å². The highest BCUT2D eigenvalue weighted by atomic mass is 35.5. The van der Waals surface area contributed by atoms with E-state index in [0.717, 1.165) is 17.5 Å². The van der Waals surface area contributed by atoms with Crippen LogP contribution in [0.5, 0.6) is 11.5 Å². The Balaban J connectivity index is 1.91. The van der Waals surface area contributed by atoms with E-state index in [1.165, 1.54) is 0 Å². The number of benzene rings is 3. The maximum absolute atomic E-state index is 13.6. The van der Waals surface area contributed by atoms with Crippen LogP contribution in [0.15, 0.2) is 72.8 Å². The van der Waals surface area contributed by atoms with Crippen LogP contribution in [0, 0.1) is 0 Å². The van der Waals surface area contributed by atoms with E-state index in [2.05, 4.69) is 5.32 Å². The molecule has 0 saturated heterocycles. The summed E-state index contributed by atoms with van der Waals surface area (Å²) in [6.45, 7) is 3.86. The molecule has 0 spiro atoms. The van der Waals surface area contributed by atoms with Crippen molar-refractivity contribution in [3.8, 4) is 11.5 Å². The molecule has 0 aliphatic rings. The third-order valence-corrected chi connectivity index (χ3v) is 6.77. The zero-order valence-corrected chi connectivity index (χ0v) is 22.8. The molecule has 3 aromatic carbocycles. The molecule has 2 atom stereocenters. The summed E-state index contributed by atoms with van der Waals surface area (Å²) in [5.74, 6) is 0.648. The van der Waals surface area contributed by atoms with Gasteiger partial charge in [-0.05, 0) is 60.9 Å². The highest BCUT2D eigenvalue weighted by Gasteiger charge is 2.31. The Morgan fingerprint density at radius 1 is 0.919 bits per heavy atom. The van der Waals surface area contributed by atoms with Crippen LogP contribution < -0.4 is 14.8 Å². The van der Waals surface area contributed by atoms with Crippen LogP contribution in [0.4, 0.5) is 0 Å². The van der Waals surface area contributed by atoms with Crippen molar-refractivity contribution in [3.05, 3.63) is 94.0 Å². The fourth-order valence-corrected chi connectivity index (χ4v) is 4.05. The van der Waals surface area contributed by atoms with Gasteiger partial charge >= 0.3 is 0 Å². The number of hydrogen-bond acceptors (Lipinski definition) is 4. The average Bonchev–Trinajstić information content (AvgIpc) is 2.91. The van der Waals surface area contributed by atoms with E-state index in [-0.39, 0.29) is 31.0 Å². The van der Waals surface area contributed by atoms with Crippen molar-refractivity contribution in [1.82, 2.24) is 10.2 Å². The molecular formula is C29H32Cl2N2O4. The van der Waals surface area contributed by atoms with Gasteiger partial charge in [-0.25, -0.2) is 0 Å². The summed E-state index contributed by atoms with van der Waals surface area (Å²) in [7, 11) is 1.58. The normalized spacial score (nSPS) is 12.4. The molecule has 0 aliphatic heterocycles. The minimum Gasteiger partial charge on any atom is -0.497 e. The number of amides is 2. The van der Waals surface area contributed by atoms with Gasteiger partial charge in [-0.1, -0.05) is 66.5 Å². The van der Waals surface area contributed by atoms with Crippen LogP contribution >= 0.6 is 23.2 Å². The number of carbonyl (C=O) groups excluding carboxylic acids is 2. The summed E-state index contributed by atoms with van der Waals surface area (Å²) >= 11 is 12.4. The molecule has 2 unspecified atom stereocenters. The van der Waals surface area contributed by atoms with Crippen molar-refractivity contribution < 1.29 is 19.1 Å². The maximum atomic E-state index is 13.6. The first-order valence-corrected chi connectivity index (χ1v) is 12.9. The van der Waals surface area contributed by atoms with Gasteiger partial charge in [0, 0.05) is 19.0 Å². The molecular weight excluding hydrogens is 511 g/mol. The topological polar surface area (TPSA) is 67.9 Å². The second-order valence-corrected chi connectivity index (χ2v) is 9.57. The second kappa shape index (κ2) is 13.9. The molecule has 1 N–H and O–H groups in total. The molecule has 0 aromatic heterocycles. The summed E-state index contributed by atoms with van der Waals surface area (Å²) in [6.07, 6.45) is 1.11. The summed E-state index contributed by atoms with van der Waals surface area (Å²) in [5, 5.41) is 3.84. The van der Waals surface area contributed by atoms with E-state index in [4.69, 9.17) is 32.7 Å². The third-order valence-electron chi connectivity index (χ3n) is 6.03. The molecule has 0 aliphatic carbocycles. The minimum atomic E-state index is -0.766. The van der Waals surface area contributed by atoms with Gasteiger partial charge < -0.3 is 19.7 Å². The Kier molecular flexibility index (Phi) is 10.7. The van der Waals surface area contributed by atoms with Crippen LogP contribution in [0.3, 0.4) is 0 Å². The van der Waals surface area contributed by atoms with Gasteiger partial charge in [0.05, 0.1) is 17.2 Å². The summed E-state index contributed by atoms with van der Waals surface area (Å²) < 4.78 is 11.0. The number of nitrogens with zero attached hydrogens (tertiary/aromatic N) is 1. The minimum absolute atomic E-state index is 0.0387. The Hall–Kier alpha value is -3.22. The molecule has 6 nitrogen and oxygen atoms in total. The highest BCUT2D eigenvalue weighted by Crippen LogP contribution is 2.25. The predicted molar refractivity (Wildman–Crippen MR) is 147 cm³/mol. The molecule has 37 heavy (non-hydrogen) atoms. The number of carbonyl (C=O) groups is 2. The SMILES string of the molecule is CCC(C)NC(=O)C(Cc1ccccc1)N(Cc1ccc(Cl)c(Cl)c1)C(=O)COc1ccc(OC)cc1. The largest absolute Gasteiger partial charge is 0.497 e. The standard InChI is InChI=1S/C29H32Cl2N2O4/c1-4-20(2)32-29(35)27(17-21-8-6-5-7-9-21)33(18-22-10-15-25(30)26(31)16-22)28(34)19-37-24-13-11-23(36-3)12-14-24/h5-16,20,27H,4,17-19H2,1-3H3,(H,32,35). The van der Waals surface area contributed by atoms with Crippen LogP contribution in [0.1, 0.15) is 31.4 Å². The van der Waals surface area contributed by atoms with Crippen molar-refractivity contribution in [3.63, 3.8) is 0 Å². The van der Waals surface area contributed by atoms with Gasteiger partial charge in [0.1, 0.15) is 17.5 Å². The molecule has 3 aromatic rings. The van der Waals surface area contributed by atoms with Gasteiger partial charge in [-0.15, -0.1) is 0 Å². The van der Waals surface area contributed by atoms with Crippen LogP contribution in [-0.4, -0.2) is 42.5 Å². The summed E-state index contributed by atoms with van der Waals surface area (Å²) in [6, 6.07) is 21.0. The molecule has 0 saturated carbocycles. The average molecular weight is 543 g/mol. The number of rotatable bonds is 12. The lowest BCUT2D eigenvalue weighted by Crippen LogP contribution is -2.53. The van der Waals surface area contributed by atoms with Crippen LogP contribution in [0.25, 0.3) is 0 Å². The molecule has 0 fully saturated rings. The Bertz CT molecular complexity index is 1170. The van der Waals surface area contributed by atoms with E-state index in [1.807, 2.05) is 44.2 Å². The van der Waals surface area contributed by atoms with Gasteiger partial charge in [-0.2, -0.15) is 0 Å². The number of nitrogens with one attached hydrogen (secondary N) is 1. The van der Waals surface area contributed by atoms with E-state index < -0.39 is 6.04 Å². The molecule has 2 amide bonds. The van der Waals surface area contributed by atoms with Crippen molar-refractivity contribution >= 4 is 35.0 Å². The lowest BCUT2D eigenvalue weighted by Gasteiger charge is -2.32. The Morgan fingerprint density at radius 2 is 1.59 bits per heavy atom. The summed E-state index contributed by atoms with van der Waals surface area (Å²) in [4.78, 5) is 28.7. The quantitative estimate of drug-likeness (QED) is 0.307. The van der Waals surface area contributed by atoms with Crippen molar-refractivity contribution in [2.24, 2.45) is 0 Å². The highest BCUT2D eigenvalue weighted by molar-refractivity contribution is 6.42. The van der Waals surface area contributed by atoms with E-state index in [1.54, 1.807) is 54.5 Å². The first-order valence-electron chi connectivity index (χ1n) is 12.1. The van der Waals surface area contributed by atoms with Crippen molar-refractivity contribution in [2.45, 2.75) is 45.3 Å². The van der Waals surface area contributed by atoms with Crippen molar-refractivity contribution in [2.75, 3.05) is 13.7 Å². The smallest absolute Gasteiger partial charge is 0.261 e. The molecule has 8 heteroatoms. The molecule has 196 valence electrons. The van der Waals surface area contributed by atoms with Crippen molar-refractivity contribution in [1.29, 1.82) is 0 Å². The number of halogens is 2. The zero-order chi connectivity index (χ0) is 26.8. The molecule has 0 heterocycles. The van der Waals surface area contributed by atoms with E-state index >= 15 is 0 Å². The maximum Gasteiger partial charge on any atom is 0.261 e. The monoisotopic (exact) mass is 542 g/mol. The number of ether oxygens (including phenoxy) is 2. The van der Waals surface area contributed by atoms with E-state index in [9.17, 15) is 9.59 Å². The first kappa shape index (κ1) is 28.4. The fraction of sp³-hybridized carbons (Fsp3) is 0.310. The van der Waals surface area contributed by atoms with Gasteiger partial charge in [-0.3, -0.25) is 9.59 Å². The number of hydrogen-bond donors (Lipinski definition) is 1. The Labute approximate surface area is 228 Å². The molecule has 0 radical (unpaired) electrons. The fourth-order valence-electron chi connectivity index (χ4n) is 3.73. The lowest BCUT2D eigenvalue weighted by atomic mass is 10.0. The third kappa shape index (κ3) is 8.41. The predicted octanol–water partition coefficient (Wildman–Crippen LogP) is 5.94. The van der Waals surface area contributed by atoms with Crippen LogP contribution in [0.2, 0.25) is 10.0 Å². The lowest BCUT2D eigenvalue weighted by molar-refractivity contribution is -0.143.